The van der Waals surface area contributed by atoms with Gasteiger partial charge in [-0.05, 0) is 19.3 Å². The van der Waals surface area contributed by atoms with Gasteiger partial charge in [0.25, 0.3) is 0 Å². The first kappa shape index (κ1) is 26.3. The van der Waals surface area contributed by atoms with Crippen LogP contribution in [0.2, 0.25) is 0 Å². The van der Waals surface area contributed by atoms with Crippen molar-refractivity contribution in [2.75, 3.05) is 26.4 Å². The lowest BCUT2D eigenvalue weighted by Crippen LogP contribution is -2.64. The summed E-state index contributed by atoms with van der Waals surface area (Å²) in [6, 6.07) is -1.27. The molecule has 6 N–H and O–H groups in total. The number of hydrogen-bond acceptors (Lipinski definition) is 10. The van der Waals surface area contributed by atoms with Crippen molar-refractivity contribution in [1.82, 2.24) is 10.2 Å². The highest BCUT2D eigenvalue weighted by molar-refractivity contribution is 7.24. The van der Waals surface area contributed by atoms with Gasteiger partial charge in [-0.3, -0.25) is 9.59 Å². The molecule has 0 spiro atoms. The Morgan fingerprint density at radius 1 is 1.23 bits per heavy atom. The molecule has 180 valence electrons. The zero-order valence-electron chi connectivity index (χ0n) is 17.4. The van der Waals surface area contributed by atoms with E-state index in [9.17, 15) is 30.0 Å². The highest BCUT2D eigenvalue weighted by atomic mass is 31.1. The number of amides is 2. The smallest absolute Gasteiger partial charge is 0.222 e. The van der Waals surface area contributed by atoms with Crippen molar-refractivity contribution in [2.24, 2.45) is 0 Å². The lowest BCUT2D eigenvalue weighted by atomic mass is 9.97. The summed E-state index contributed by atoms with van der Waals surface area (Å²) in [5.41, 5.74) is 0. The van der Waals surface area contributed by atoms with Gasteiger partial charge >= 0.3 is 0 Å². The molecule has 2 saturated heterocycles. The Labute approximate surface area is 182 Å². The summed E-state index contributed by atoms with van der Waals surface area (Å²) in [5.74, 6) is -0.565. The minimum Gasteiger partial charge on any atom is -0.394 e. The van der Waals surface area contributed by atoms with Crippen LogP contribution >= 0.6 is 9.03 Å². The molecule has 4 unspecified atom stereocenters. The maximum atomic E-state index is 12.5. The van der Waals surface area contributed by atoms with Crippen LogP contribution in [0.15, 0.2) is 0 Å². The number of nitrogens with one attached hydrogen (secondary N) is 1. The Kier molecular flexibility index (Phi) is 11.0. The molecule has 2 fully saturated rings. The molecule has 31 heavy (non-hydrogen) atoms. The first-order valence-corrected chi connectivity index (χ1v) is 11.1. The number of rotatable bonds is 11. The van der Waals surface area contributed by atoms with Crippen molar-refractivity contribution in [3.63, 3.8) is 0 Å². The van der Waals surface area contributed by atoms with Crippen LogP contribution in [0.25, 0.3) is 0 Å². The number of likely N-dealkylation sites (tertiary alicyclic amines) is 1. The first-order chi connectivity index (χ1) is 14.8. The monoisotopic (exact) mass is 468 g/mol. The van der Waals surface area contributed by atoms with E-state index < -0.39 is 58.3 Å². The van der Waals surface area contributed by atoms with E-state index in [1.165, 1.54) is 6.92 Å². The molecule has 8 atom stereocenters. The molecule has 2 amide bonds. The van der Waals surface area contributed by atoms with E-state index in [0.29, 0.717) is 19.3 Å². The number of carbonyl (C=O) groups excluding carboxylic acids is 2. The van der Waals surface area contributed by atoms with Gasteiger partial charge < -0.3 is 49.5 Å². The third-order valence-electron chi connectivity index (χ3n) is 5.37. The molecule has 0 radical (unpaired) electrons. The molecule has 0 aliphatic carbocycles. The zero-order valence-corrected chi connectivity index (χ0v) is 18.4. The van der Waals surface area contributed by atoms with Crippen molar-refractivity contribution in [3.8, 4) is 0 Å². The maximum absolute atomic E-state index is 12.5. The Bertz CT molecular complexity index is 586. The molecule has 2 aliphatic heterocycles. The van der Waals surface area contributed by atoms with Crippen LogP contribution in [0.3, 0.4) is 0 Å². The molecule has 0 aromatic heterocycles. The predicted octanol–water partition coefficient (Wildman–Crippen LogP) is -2.40. The average Bonchev–Trinajstić information content (AvgIpc) is 3.11. The quantitative estimate of drug-likeness (QED) is 0.141. The van der Waals surface area contributed by atoms with Gasteiger partial charge in [-0.25, -0.2) is 0 Å². The summed E-state index contributed by atoms with van der Waals surface area (Å²) in [7, 11) is -0.670. The van der Waals surface area contributed by atoms with E-state index in [1.807, 2.05) is 0 Å². The van der Waals surface area contributed by atoms with Gasteiger partial charge in [0.15, 0.2) is 15.3 Å². The van der Waals surface area contributed by atoms with Gasteiger partial charge in [-0.2, -0.15) is 0 Å². The largest absolute Gasteiger partial charge is 0.394 e. The zero-order chi connectivity index (χ0) is 23.0. The molecule has 2 rings (SSSR count). The van der Waals surface area contributed by atoms with Crippen molar-refractivity contribution in [2.45, 2.75) is 75.4 Å². The summed E-state index contributed by atoms with van der Waals surface area (Å²) in [6.45, 7) is 1.30. The molecule has 0 saturated carbocycles. The molecular formula is C18H33N2O10P. The number of carbonyl (C=O) groups is 2. The summed E-state index contributed by atoms with van der Waals surface area (Å²) in [4.78, 5) is 34.2. The Hall–Kier alpha value is -0.950. The van der Waals surface area contributed by atoms with Crippen LogP contribution in [0, 0.1) is 0 Å². The lowest BCUT2D eigenvalue weighted by molar-refractivity contribution is -0.270. The highest BCUT2D eigenvalue weighted by Gasteiger charge is 2.45. The molecule has 12 nitrogen and oxygen atoms in total. The summed E-state index contributed by atoms with van der Waals surface area (Å²) in [5, 5.41) is 41.8. The SMILES string of the molecule is CC(=O)NC1C(O)[C@@H](O)C(CO)O[C@H]1OCCCCC(=O)N1C[C@H](O)C[C@H]1COPO. The number of nitrogens with zero attached hydrogens (tertiary/aromatic N) is 1. The Morgan fingerprint density at radius 2 is 1.97 bits per heavy atom. The molecule has 0 aromatic carbocycles. The van der Waals surface area contributed by atoms with E-state index in [-0.39, 0.29) is 38.1 Å². The van der Waals surface area contributed by atoms with Crippen LogP contribution < -0.4 is 5.32 Å². The highest BCUT2D eigenvalue weighted by Crippen LogP contribution is 2.24. The number of ether oxygens (including phenoxy) is 2. The first-order valence-electron chi connectivity index (χ1n) is 10.3. The summed E-state index contributed by atoms with van der Waals surface area (Å²) >= 11 is 0. The minimum absolute atomic E-state index is 0.129. The third-order valence-corrected chi connectivity index (χ3v) is 5.67. The molecular weight excluding hydrogens is 435 g/mol. The lowest BCUT2D eigenvalue weighted by Gasteiger charge is -2.42. The van der Waals surface area contributed by atoms with Crippen LogP contribution in [0.4, 0.5) is 0 Å². The summed E-state index contributed by atoms with van der Waals surface area (Å²) < 4.78 is 16.1. The fourth-order valence-electron chi connectivity index (χ4n) is 3.82. The van der Waals surface area contributed by atoms with E-state index in [4.69, 9.17) is 18.9 Å². The van der Waals surface area contributed by atoms with Gasteiger partial charge in [-0.1, -0.05) is 0 Å². The van der Waals surface area contributed by atoms with E-state index in [1.54, 1.807) is 4.90 Å². The number of hydrogen-bond donors (Lipinski definition) is 6. The topological polar surface area (TPSA) is 178 Å². The van der Waals surface area contributed by atoms with Gasteiger partial charge in [-0.15, -0.1) is 0 Å². The molecule has 0 bridgehead atoms. The number of β-amino-alcohol motifs (C(OH)–C–C–N with tert-alkyl or cyclic N) is 1. The number of aliphatic hydroxyl groups excluding tert-OH is 4. The van der Waals surface area contributed by atoms with Crippen LogP contribution in [-0.2, 0) is 23.6 Å². The second-order valence-electron chi connectivity index (χ2n) is 7.75. The number of aliphatic hydroxyl groups is 4. The van der Waals surface area contributed by atoms with Crippen molar-refractivity contribution < 1.29 is 48.9 Å². The van der Waals surface area contributed by atoms with Gasteiger partial charge in [0.2, 0.25) is 11.8 Å². The molecule has 2 aliphatic rings. The van der Waals surface area contributed by atoms with Gasteiger partial charge in [0.05, 0.1) is 25.4 Å². The minimum atomic E-state index is -1.38. The molecule has 13 heteroatoms. The van der Waals surface area contributed by atoms with Crippen molar-refractivity contribution in [1.29, 1.82) is 0 Å². The third kappa shape index (κ3) is 7.55. The fourth-order valence-corrected chi connectivity index (χ4v) is 4.09. The van der Waals surface area contributed by atoms with Crippen molar-refractivity contribution in [3.05, 3.63) is 0 Å². The van der Waals surface area contributed by atoms with Crippen LogP contribution in [-0.4, -0.2) is 111 Å². The summed E-state index contributed by atoms with van der Waals surface area (Å²) in [6.07, 6.45) is -3.86. The van der Waals surface area contributed by atoms with Crippen LogP contribution in [0.5, 0.6) is 0 Å². The van der Waals surface area contributed by atoms with Crippen LogP contribution in [0.1, 0.15) is 32.6 Å². The average molecular weight is 468 g/mol. The molecule has 0 aromatic rings. The van der Waals surface area contributed by atoms with E-state index in [2.05, 4.69) is 5.32 Å². The number of unbranched alkanes of at least 4 members (excludes halogenated alkanes) is 1. The Morgan fingerprint density at radius 3 is 2.61 bits per heavy atom. The second-order valence-corrected chi connectivity index (χ2v) is 8.22. The van der Waals surface area contributed by atoms with Crippen molar-refractivity contribution >= 4 is 20.8 Å². The normalized spacial score (nSPS) is 33.9. The van der Waals surface area contributed by atoms with E-state index in [0.717, 1.165) is 0 Å². The maximum Gasteiger partial charge on any atom is 0.222 e. The van der Waals surface area contributed by atoms with Gasteiger partial charge in [0.1, 0.15) is 24.4 Å². The molecule has 2 heterocycles. The predicted molar refractivity (Wildman–Crippen MR) is 108 cm³/mol. The van der Waals surface area contributed by atoms with Gasteiger partial charge in [0, 0.05) is 26.5 Å². The Balaban J connectivity index is 1.78. The standard InChI is InChI=1S/C18H33N2O10P/c1-10(22)19-15-17(26)16(25)13(8-21)30-18(15)28-5-3-2-4-14(24)20-7-12(23)6-11(20)9-29-31-27/h11-13,15-18,21,23,25-27,31H,2-9H2,1H3,(H,19,22)/t11-,12+,13?,15?,16-,17?,18+/m0/s1. The van der Waals surface area contributed by atoms with E-state index >= 15 is 0 Å². The fraction of sp³-hybridized carbons (Fsp3) is 0.889. The second kappa shape index (κ2) is 12.9.